The monoisotopic (exact) mass is 470 g/mol. The molecule has 35 heavy (non-hydrogen) atoms. The van der Waals surface area contributed by atoms with Gasteiger partial charge in [0.2, 0.25) is 5.91 Å². The summed E-state index contributed by atoms with van der Waals surface area (Å²) in [6, 6.07) is 19.1. The van der Waals surface area contributed by atoms with Gasteiger partial charge in [-0.15, -0.1) is 0 Å². The Labute approximate surface area is 205 Å². The molecule has 0 spiro atoms. The number of para-hydroxylation sites is 1. The van der Waals surface area contributed by atoms with Crippen LogP contribution in [0.5, 0.6) is 5.75 Å². The van der Waals surface area contributed by atoms with E-state index in [0.29, 0.717) is 30.3 Å². The van der Waals surface area contributed by atoms with Crippen LogP contribution in [0.4, 0.5) is 11.4 Å². The standard InChI is InChI=1S/C28H30N4O3/c1-35-25-8-6-22(7-9-25)28(34)31-19-23-4-2-3-5-26(23)32(27(33)20-31)18-21-12-16-30(17-13-21)24-10-14-29-15-11-24/h2-11,14-15,21H,12-13,16-20H2,1H3. The Balaban J connectivity index is 1.30. The van der Waals surface area contributed by atoms with Crippen molar-refractivity contribution in [3.8, 4) is 5.75 Å². The summed E-state index contributed by atoms with van der Waals surface area (Å²) < 4.78 is 5.20. The van der Waals surface area contributed by atoms with Gasteiger partial charge in [0.05, 0.1) is 7.11 Å². The van der Waals surface area contributed by atoms with E-state index in [1.807, 2.05) is 53.7 Å². The Morgan fingerprint density at radius 1 is 0.971 bits per heavy atom. The minimum atomic E-state index is -0.150. The van der Waals surface area contributed by atoms with Crippen molar-refractivity contribution in [1.29, 1.82) is 0 Å². The number of rotatable bonds is 5. The van der Waals surface area contributed by atoms with Crippen molar-refractivity contribution >= 4 is 23.2 Å². The molecule has 0 bridgehead atoms. The molecule has 180 valence electrons. The molecule has 3 heterocycles. The maximum atomic E-state index is 13.5. The number of hydrogen-bond donors (Lipinski definition) is 0. The highest BCUT2D eigenvalue weighted by Crippen LogP contribution is 2.30. The summed E-state index contributed by atoms with van der Waals surface area (Å²) >= 11 is 0. The number of carbonyl (C=O) groups is 2. The molecule has 0 aliphatic carbocycles. The Bertz CT molecular complexity index is 1170. The van der Waals surface area contributed by atoms with E-state index in [9.17, 15) is 9.59 Å². The van der Waals surface area contributed by atoms with Gasteiger partial charge in [-0.3, -0.25) is 14.6 Å². The molecule has 2 amide bonds. The fourth-order valence-corrected chi connectivity index (χ4v) is 5.00. The normalized spacial score (nSPS) is 16.6. The van der Waals surface area contributed by atoms with Crippen LogP contribution in [0.3, 0.4) is 0 Å². The summed E-state index contributed by atoms with van der Waals surface area (Å²) in [4.78, 5) is 36.8. The lowest BCUT2D eigenvalue weighted by atomic mass is 9.95. The third kappa shape index (κ3) is 4.99. The van der Waals surface area contributed by atoms with E-state index in [1.165, 1.54) is 5.69 Å². The van der Waals surface area contributed by atoms with Gasteiger partial charge in [0.25, 0.3) is 5.91 Å². The van der Waals surface area contributed by atoms with E-state index >= 15 is 0 Å². The van der Waals surface area contributed by atoms with Crippen LogP contribution < -0.4 is 14.5 Å². The van der Waals surface area contributed by atoms with Crippen LogP contribution in [0.2, 0.25) is 0 Å². The van der Waals surface area contributed by atoms with Crippen molar-refractivity contribution in [3.05, 3.63) is 84.2 Å². The molecular weight excluding hydrogens is 440 g/mol. The first-order chi connectivity index (χ1) is 17.1. The Morgan fingerprint density at radius 3 is 2.40 bits per heavy atom. The number of methoxy groups -OCH3 is 1. The van der Waals surface area contributed by atoms with Crippen LogP contribution in [0.15, 0.2) is 73.1 Å². The van der Waals surface area contributed by atoms with Crippen LogP contribution in [-0.4, -0.2) is 55.0 Å². The second kappa shape index (κ2) is 10.2. The predicted molar refractivity (Wildman–Crippen MR) is 136 cm³/mol. The highest BCUT2D eigenvalue weighted by atomic mass is 16.5. The number of pyridine rings is 1. The van der Waals surface area contributed by atoms with E-state index in [0.717, 1.165) is 37.2 Å². The fourth-order valence-electron chi connectivity index (χ4n) is 5.00. The maximum Gasteiger partial charge on any atom is 0.254 e. The second-order valence-corrected chi connectivity index (χ2v) is 9.16. The molecule has 2 aromatic carbocycles. The topological polar surface area (TPSA) is 66.0 Å². The average Bonchev–Trinajstić information content (AvgIpc) is 3.05. The second-order valence-electron chi connectivity index (χ2n) is 9.16. The van der Waals surface area contributed by atoms with Gasteiger partial charge < -0.3 is 19.4 Å². The molecule has 1 saturated heterocycles. The molecule has 1 fully saturated rings. The molecular formula is C28H30N4O3. The zero-order chi connectivity index (χ0) is 24.2. The van der Waals surface area contributed by atoms with E-state index in [1.54, 1.807) is 36.3 Å². The summed E-state index contributed by atoms with van der Waals surface area (Å²) in [7, 11) is 1.60. The lowest BCUT2D eigenvalue weighted by Crippen LogP contribution is -2.44. The zero-order valence-electron chi connectivity index (χ0n) is 20.0. The van der Waals surface area contributed by atoms with Crippen LogP contribution in [0.25, 0.3) is 0 Å². The Hall–Kier alpha value is -3.87. The zero-order valence-corrected chi connectivity index (χ0v) is 20.0. The lowest BCUT2D eigenvalue weighted by molar-refractivity contribution is -0.119. The summed E-state index contributed by atoms with van der Waals surface area (Å²) in [5.74, 6) is 0.922. The van der Waals surface area contributed by atoms with Crippen LogP contribution in [0, 0.1) is 5.92 Å². The first kappa shape index (κ1) is 22.9. The van der Waals surface area contributed by atoms with Crippen LogP contribution in [0.1, 0.15) is 28.8 Å². The molecule has 5 rings (SSSR count). The number of fused-ring (bicyclic) bond motifs is 1. The molecule has 0 radical (unpaired) electrons. The molecule has 3 aromatic rings. The van der Waals surface area contributed by atoms with E-state index in [4.69, 9.17) is 4.74 Å². The molecule has 0 N–H and O–H groups in total. The van der Waals surface area contributed by atoms with Gasteiger partial charge in [0.15, 0.2) is 0 Å². The number of carbonyl (C=O) groups excluding carboxylic acids is 2. The van der Waals surface area contributed by atoms with Gasteiger partial charge >= 0.3 is 0 Å². The molecule has 2 aliphatic heterocycles. The van der Waals surface area contributed by atoms with Crippen molar-refractivity contribution in [1.82, 2.24) is 9.88 Å². The fraction of sp³-hybridized carbons (Fsp3) is 0.321. The van der Waals surface area contributed by atoms with E-state index in [-0.39, 0.29) is 18.4 Å². The van der Waals surface area contributed by atoms with Gasteiger partial charge in [0, 0.05) is 55.5 Å². The van der Waals surface area contributed by atoms with Gasteiger partial charge in [-0.25, -0.2) is 0 Å². The number of amides is 2. The number of piperidine rings is 1. The average molecular weight is 471 g/mol. The molecule has 7 heteroatoms. The highest BCUT2D eigenvalue weighted by molar-refractivity contribution is 6.02. The van der Waals surface area contributed by atoms with Crippen LogP contribution >= 0.6 is 0 Å². The number of hydrogen-bond acceptors (Lipinski definition) is 5. The summed E-state index contributed by atoms with van der Waals surface area (Å²) in [5.41, 5.74) is 3.66. The minimum absolute atomic E-state index is 0.0339. The molecule has 1 aromatic heterocycles. The van der Waals surface area contributed by atoms with Crippen molar-refractivity contribution in [2.45, 2.75) is 19.4 Å². The van der Waals surface area contributed by atoms with Gasteiger partial charge in [-0.1, -0.05) is 18.2 Å². The summed E-state index contributed by atoms with van der Waals surface area (Å²) in [6.07, 6.45) is 5.69. The van der Waals surface area contributed by atoms with Crippen molar-refractivity contribution in [3.63, 3.8) is 0 Å². The van der Waals surface area contributed by atoms with Crippen molar-refractivity contribution in [2.75, 3.05) is 43.1 Å². The van der Waals surface area contributed by atoms with Crippen molar-refractivity contribution in [2.24, 2.45) is 5.92 Å². The van der Waals surface area contributed by atoms with E-state index < -0.39 is 0 Å². The summed E-state index contributed by atoms with van der Waals surface area (Å²) in [5, 5.41) is 0. The lowest BCUT2D eigenvalue weighted by Gasteiger charge is -2.36. The number of anilines is 2. The summed E-state index contributed by atoms with van der Waals surface area (Å²) in [6.45, 7) is 3.06. The van der Waals surface area contributed by atoms with Crippen LogP contribution in [-0.2, 0) is 11.3 Å². The Morgan fingerprint density at radius 2 is 1.69 bits per heavy atom. The number of ether oxygens (including phenoxy) is 1. The Kier molecular flexibility index (Phi) is 6.66. The SMILES string of the molecule is COc1ccc(C(=O)N2CC(=O)N(CC3CCN(c4ccncc4)CC3)c3ccccc3C2)cc1. The molecule has 2 aliphatic rings. The third-order valence-corrected chi connectivity index (χ3v) is 6.98. The quantitative estimate of drug-likeness (QED) is 0.564. The highest BCUT2D eigenvalue weighted by Gasteiger charge is 2.31. The molecule has 0 atom stereocenters. The first-order valence-corrected chi connectivity index (χ1v) is 12.1. The minimum Gasteiger partial charge on any atom is -0.497 e. The third-order valence-electron chi connectivity index (χ3n) is 6.98. The molecule has 0 unspecified atom stereocenters. The van der Waals surface area contributed by atoms with Crippen molar-refractivity contribution < 1.29 is 14.3 Å². The van der Waals surface area contributed by atoms with E-state index in [2.05, 4.69) is 9.88 Å². The molecule has 0 saturated carbocycles. The molecule has 7 nitrogen and oxygen atoms in total. The largest absolute Gasteiger partial charge is 0.497 e. The number of aromatic nitrogens is 1. The smallest absolute Gasteiger partial charge is 0.254 e. The van der Waals surface area contributed by atoms with Gasteiger partial charge in [-0.05, 0) is 66.8 Å². The number of nitrogens with zero attached hydrogens (tertiary/aromatic N) is 4. The first-order valence-electron chi connectivity index (χ1n) is 12.1. The maximum absolute atomic E-state index is 13.5. The van der Waals surface area contributed by atoms with Gasteiger partial charge in [0.1, 0.15) is 12.3 Å². The number of benzene rings is 2. The predicted octanol–water partition coefficient (Wildman–Crippen LogP) is 4.00. The van der Waals surface area contributed by atoms with Gasteiger partial charge in [-0.2, -0.15) is 0 Å².